The van der Waals surface area contributed by atoms with Crippen molar-refractivity contribution in [2.24, 2.45) is 5.92 Å². The van der Waals surface area contributed by atoms with Crippen LogP contribution < -0.4 is 10.2 Å². The summed E-state index contributed by atoms with van der Waals surface area (Å²) < 4.78 is 1.80. The van der Waals surface area contributed by atoms with Gasteiger partial charge in [0.05, 0.1) is 11.6 Å². The number of carbonyl (C=O) groups is 2. The Morgan fingerprint density at radius 1 is 1.17 bits per heavy atom. The number of amides is 2. The van der Waals surface area contributed by atoms with Crippen molar-refractivity contribution in [2.75, 3.05) is 37.6 Å². The molecule has 0 saturated carbocycles. The minimum absolute atomic E-state index is 0.0653. The van der Waals surface area contributed by atoms with Crippen molar-refractivity contribution in [3.8, 4) is 0 Å². The van der Waals surface area contributed by atoms with Gasteiger partial charge in [-0.2, -0.15) is 5.10 Å². The first-order chi connectivity index (χ1) is 14.1. The lowest BCUT2D eigenvalue weighted by molar-refractivity contribution is -0.131. The van der Waals surface area contributed by atoms with Crippen molar-refractivity contribution >= 4 is 17.5 Å². The lowest BCUT2D eigenvalue weighted by atomic mass is 10.1. The number of likely N-dealkylation sites (tertiary alicyclic amines) is 1. The molecular formula is C22H29N5O2. The van der Waals surface area contributed by atoms with Gasteiger partial charge in [-0.15, -0.1) is 0 Å². The molecule has 0 radical (unpaired) electrons. The minimum Gasteiger partial charge on any atom is -0.369 e. The monoisotopic (exact) mass is 395 g/mol. The van der Waals surface area contributed by atoms with Gasteiger partial charge in [0, 0.05) is 57.6 Å². The third kappa shape index (κ3) is 4.60. The van der Waals surface area contributed by atoms with Crippen LogP contribution in [0.15, 0.2) is 36.5 Å². The Hall–Kier alpha value is -2.83. The maximum Gasteiger partial charge on any atom is 0.225 e. The fourth-order valence-electron chi connectivity index (χ4n) is 4.25. The summed E-state index contributed by atoms with van der Waals surface area (Å²) in [5, 5.41) is 7.38. The summed E-state index contributed by atoms with van der Waals surface area (Å²) in [6.07, 6.45) is 4.12. The molecule has 7 nitrogen and oxygen atoms in total. The summed E-state index contributed by atoms with van der Waals surface area (Å²) in [6, 6.07) is 10.4. The van der Waals surface area contributed by atoms with Gasteiger partial charge in [-0.25, -0.2) is 0 Å². The number of aryl methyl sites for hydroxylation is 2. The maximum absolute atomic E-state index is 12.5. The number of para-hydroxylation sites is 1. The highest BCUT2D eigenvalue weighted by Gasteiger charge is 2.30. The maximum atomic E-state index is 12.5. The highest BCUT2D eigenvalue weighted by Crippen LogP contribution is 2.26. The second-order valence-electron chi connectivity index (χ2n) is 7.95. The number of fused-ring (bicyclic) bond motifs is 1. The Bertz CT molecular complexity index is 878. The van der Waals surface area contributed by atoms with Gasteiger partial charge in [-0.3, -0.25) is 14.3 Å². The van der Waals surface area contributed by atoms with Crippen LogP contribution in [0.5, 0.6) is 0 Å². The predicted molar refractivity (Wildman–Crippen MR) is 112 cm³/mol. The highest BCUT2D eigenvalue weighted by atomic mass is 16.2. The number of anilines is 1. The zero-order valence-electron chi connectivity index (χ0n) is 17.0. The highest BCUT2D eigenvalue weighted by molar-refractivity contribution is 5.82. The fourth-order valence-corrected chi connectivity index (χ4v) is 4.25. The van der Waals surface area contributed by atoms with E-state index in [1.54, 1.807) is 4.68 Å². The number of hydrogen-bond donors (Lipinski definition) is 1. The molecule has 1 unspecified atom stereocenters. The van der Waals surface area contributed by atoms with E-state index in [-0.39, 0.29) is 17.7 Å². The van der Waals surface area contributed by atoms with Crippen LogP contribution >= 0.6 is 0 Å². The molecule has 4 rings (SSSR count). The lowest BCUT2D eigenvalue weighted by Gasteiger charge is -2.20. The predicted octanol–water partition coefficient (Wildman–Crippen LogP) is 1.61. The van der Waals surface area contributed by atoms with Gasteiger partial charge in [0.25, 0.3) is 0 Å². The van der Waals surface area contributed by atoms with E-state index < -0.39 is 0 Å². The second kappa shape index (κ2) is 8.68. The molecule has 1 atom stereocenters. The van der Waals surface area contributed by atoms with E-state index in [0.717, 1.165) is 31.6 Å². The summed E-state index contributed by atoms with van der Waals surface area (Å²) in [4.78, 5) is 29.1. The van der Waals surface area contributed by atoms with E-state index in [9.17, 15) is 9.59 Å². The quantitative estimate of drug-likeness (QED) is 0.773. The van der Waals surface area contributed by atoms with Crippen molar-refractivity contribution in [1.29, 1.82) is 0 Å². The van der Waals surface area contributed by atoms with Crippen molar-refractivity contribution in [3.63, 3.8) is 0 Å². The molecule has 0 bridgehead atoms. The minimum atomic E-state index is -0.100. The van der Waals surface area contributed by atoms with Crippen LogP contribution in [0.2, 0.25) is 0 Å². The van der Waals surface area contributed by atoms with Crippen LogP contribution in [0.4, 0.5) is 5.69 Å². The number of nitrogens with zero attached hydrogens (tertiary/aromatic N) is 4. The first kappa shape index (κ1) is 19.5. The lowest BCUT2D eigenvalue weighted by Crippen LogP contribution is -2.38. The smallest absolute Gasteiger partial charge is 0.225 e. The van der Waals surface area contributed by atoms with E-state index in [2.05, 4.69) is 39.6 Å². The van der Waals surface area contributed by atoms with Crippen LogP contribution in [0, 0.1) is 12.8 Å². The van der Waals surface area contributed by atoms with Gasteiger partial charge >= 0.3 is 0 Å². The number of aromatic nitrogens is 2. The average Bonchev–Trinajstić information content (AvgIpc) is 3.46. The van der Waals surface area contributed by atoms with Crippen LogP contribution in [0.3, 0.4) is 0 Å². The Kier molecular flexibility index (Phi) is 5.83. The van der Waals surface area contributed by atoms with E-state index in [0.29, 0.717) is 32.6 Å². The van der Waals surface area contributed by atoms with Gasteiger partial charge in [0.2, 0.25) is 11.8 Å². The molecule has 29 heavy (non-hydrogen) atoms. The van der Waals surface area contributed by atoms with Crippen LogP contribution in [-0.2, 0) is 22.6 Å². The average molecular weight is 396 g/mol. The van der Waals surface area contributed by atoms with Crippen LogP contribution in [-0.4, -0.2) is 59.2 Å². The number of benzene rings is 1. The van der Waals surface area contributed by atoms with Crippen LogP contribution in [0.1, 0.15) is 24.1 Å². The van der Waals surface area contributed by atoms with E-state index >= 15 is 0 Å². The summed E-state index contributed by atoms with van der Waals surface area (Å²) in [5.74, 6) is 0.0642. The summed E-state index contributed by atoms with van der Waals surface area (Å²) in [7, 11) is 0. The second-order valence-corrected chi connectivity index (χ2v) is 7.95. The number of nitrogens with one attached hydrogen (secondary N) is 1. The van der Waals surface area contributed by atoms with Gasteiger partial charge in [-0.05, 0) is 37.5 Å². The molecule has 7 heteroatoms. The van der Waals surface area contributed by atoms with E-state index in [1.165, 1.54) is 11.3 Å². The standard InChI is InChI=1S/C22H29N5O2/c1-17-6-13-27(24-17)14-9-21(28)26-12-8-19(16-26)22(29)23-10-15-25-11-7-18-4-2-3-5-20(18)25/h2-6,13,19H,7-12,14-16H2,1H3,(H,23,29). The molecule has 0 spiro atoms. The SMILES string of the molecule is Cc1ccn(CCC(=O)N2CCC(C(=O)NCCN3CCc4ccccc43)C2)n1. The molecule has 2 aliphatic heterocycles. The van der Waals surface area contributed by atoms with Gasteiger partial charge in [0.15, 0.2) is 0 Å². The summed E-state index contributed by atoms with van der Waals surface area (Å²) in [6.45, 7) is 6.17. The Balaban J connectivity index is 1.18. The molecule has 1 fully saturated rings. The van der Waals surface area contributed by atoms with Crippen LogP contribution in [0.25, 0.3) is 0 Å². The number of hydrogen-bond acceptors (Lipinski definition) is 4. The van der Waals surface area contributed by atoms with Gasteiger partial charge in [0.1, 0.15) is 0 Å². The van der Waals surface area contributed by atoms with Gasteiger partial charge < -0.3 is 15.1 Å². The van der Waals surface area contributed by atoms with E-state index in [1.807, 2.05) is 24.1 Å². The molecule has 2 aliphatic rings. The first-order valence-electron chi connectivity index (χ1n) is 10.5. The third-order valence-electron chi connectivity index (χ3n) is 5.90. The van der Waals surface area contributed by atoms with Gasteiger partial charge in [-0.1, -0.05) is 18.2 Å². The zero-order chi connectivity index (χ0) is 20.2. The van der Waals surface area contributed by atoms with E-state index in [4.69, 9.17) is 0 Å². The molecule has 1 N–H and O–H groups in total. The first-order valence-corrected chi connectivity index (χ1v) is 10.5. The normalized spacial score (nSPS) is 18.2. The molecule has 1 aromatic carbocycles. The van der Waals surface area contributed by atoms with Crippen molar-refractivity contribution < 1.29 is 9.59 Å². The Morgan fingerprint density at radius 3 is 2.86 bits per heavy atom. The molecular weight excluding hydrogens is 366 g/mol. The molecule has 154 valence electrons. The molecule has 1 aromatic heterocycles. The molecule has 2 aromatic rings. The fraction of sp³-hybridized carbons (Fsp3) is 0.500. The summed E-state index contributed by atoms with van der Waals surface area (Å²) in [5.41, 5.74) is 3.62. The number of carbonyl (C=O) groups excluding carboxylic acids is 2. The third-order valence-corrected chi connectivity index (χ3v) is 5.90. The van der Waals surface area contributed by atoms with Crippen molar-refractivity contribution in [3.05, 3.63) is 47.8 Å². The topological polar surface area (TPSA) is 70.5 Å². The van der Waals surface area contributed by atoms with Crippen molar-refractivity contribution in [1.82, 2.24) is 20.0 Å². The Labute approximate surface area is 171 Å². The number of rotatable bonds is 7. The molecule has 0 aliphatic carbocycles. The molecule has 2 amide bonds. The molecule has 1 saturated heterocycles. The summed E-state index contributed by atoms with van der Waals surface area (Å²) >= 11 is 0. The van der Waals surface area contributed by atoms with Crippen molar-refractivity contribution in [2.45, 2.75) is 32.7 Å². The molecule has 3 heterocycles. The zero-order valence-corrected chi connectivity index (χ0v) is 17.0. The largest absolute Gasteiger partial charge is 0.369 e. The Morgan fingerprint density at radius 2 is 2.03 bits per heavy atom.